The first-order valence-electron chi connectivity index (χ1n) is 7.82. The van der Waals surface area contributed by atoms with Crippen LogP contribution in [0.15, 0.2) is 0 Å². The summed E-state index contributed by atoms with van der Waals surface area (Å²) in [5.74, 6) is 0.968. The zero-order valence-corrected chi connectivity index (χ0v) is 13.4. The lowest BCUT2D eigenvalue weighted by Crippen LogP contribution is -2.49. The normalized spacial score (nSPS) is 30.7. The first kappa shape index (κ1) is 17.7. The molecular formula is C15H29ClN2O2. The van der Waals surface area contributed by atoms with Gasteiger partial charge in [-0.3, -0.25) is 4.79 Å². The molecule has 2 heterocycles. The van der Waals surface area contributed by atoms with Crippen LogP contribution in [0.3, 0.4) is 0 Å². The lowest BCUT2D eigenvalue weighted by atomic mass is 9.92. The number of ether oxygens (including phenoxy) is 1. The van der Waals surface area contributed by atoms with Crippen LogP contribution in [-0.2, 0) is 9.53 Å². The molecule has 0 aliphatic carbocycles. The monoisotopic (exact) mass is 304 g/mol. The quantitative estimate of drug-likeness (QED) is 0.867. The molecule has 0 aromatic rings. The maximum Gasteiger partial charge on any atom is 0.222 e. The summed E-state index contributed by atoms with van der Waals surface area (Å²) in [4.78, 5) is 14.3. The Balaban J connectivity index is 0.00000200. The molecule has 1 amide bonds. The maximum atomic E-state index is 12.3. The number of carbonyl (C=O) groups excluding carboxylic acids is 1. The Morgan fingerprint density at radius 3 is 2.80 bits per heavy atom. The largest absolute Gasteiger partial charge is 0.378 e. The van der Waals surface area contributed by atoms with E-state index in [-0.39, 0.29) is 24.4 Å². The third-order valence-electron chi connectivity index (χ3n) is 4.52. The number of amides is 1. The predicted molar refractivity (Wildman–Crippen MR) is 83.0 cm³/mol. The SMILES string of the molecule is CC1CCN(C(=O)CCC2CCCCO2)C(CN)C1.Cl. The smallest absolute Gasteiger partial charge is 0.222 e. The summed E-state index contributed by atoms with van der Waals surface area (Å²) in [6.07, 6.45) is 7.50. The number of carbonyl (C=O) groups is 1. The van der Waals surface area contributed by atoms with Gasteiger partial charge in [0.2, 0.25) is 5.91 Å². The van der Waals surface area contributed by atoms with Gasteiger partial charge in [-0.05, 0) is 44.4 Å². The highest BCUT2D eigenvalue weighted by atomic mass is 35.5. The molecular weight excluding hydrogens is 276 g/mol. The number of hydrogen-bond donors (Lipinski definition) is 1. The molecule has 4 nitrogen and oxygen atoms in total. The molecule has 0 bridgehead atoms. The van der Waals surface area contributed by atoms with Crippen LogP contribution >= 0.6 is 12.4 Å². The lowest BCUT2D eigenvalue weighted by molar-refractivity contribution is -0.136. The van der Waals surface area contributed by atoms with Gasteiger partial charge in [0.1, 0.15) is 0 Å². The Bertz CT molecular complexity index is 296. The number of rotatable bonds is 4. The van der Waals surface area contributed by atoms with Crippen molar-refractivity contribution in [1.29, 1.82) is 0 Å². The van der Waals surface area contributed by atoms with Gasteiger partial charge in [0.05, 0.1) is 6.10 Å². The topological polar surface area (TPSA) is 55.6 Å². The van der Waals surface area contributed by atoms with E-state index >= 15 is 0 Å². The molecule has 2 aliphatic heterocycles. The van der Waals surface area contributed by atoms with Gasteiger partial charge in [0, 0.05) is 32.2 Å². The van der Waals surface area contributed by atoms with Gasteiger partial charge >= 0.3 is 0 Å². The Hall–Kier alpha value is -0.320. The van der Waals surface area contributed by atoms with Crippen molar-refractivity contribution >= 4 is 18.3 Å². The fraction of sp³-hybridized carbons (Fsp3) is 0.933. The van der Waals surface area contributed by atoms with E-state index in [2.05, 4.69) is 6.92 Å². The van der Waals surface area contributed by atoms with E-state index in [0.717, 1.165) is 38.8 Å². The van der Waals surface area contributed by atoms with Crippen molar-refractivity contribution in [2.45, 2.75) is 64.0 Å². The van der Waals surface area contributed by atoms with Crippen LogP contribution in [0.2, 0.25) is 0 Å². The molecule has 2 saturated heterocycles. The van der Waals surface area contributed by atoms with Gasteiger partial charge in [-0.25, -0.2) is 0 Å². The molecule has 3 unspecified atom stereocenters. The summed E-state index contributed by atoms with van der Waals surface area (Å²) in [5.41, 5.74) is 5.81. The Labute approximate surface area is 128 Å². The summed E-state index contributed by atoms with van der Waals surface area (Å²) in [7, 11) is 0. The van der Waals surface area contributed by atoms with Crippen molar-refractivity contribution in [2.24, 2.45) is 11.7 Å². The standard InChI is InChI=1S/C15H28N2O2.ClH/c1-12-7-8-17(13(10-12)11-16)15(18)6-5-14-4-2-3-9-19-14;/h12-14H,2-11,16H2,1H3;1H. The third-order valence-corrected chi connectivity index (χ3v) is 4.52. The summed E-state index contributed by atoms with van der Waals surface area (Å²) >= 11 is 0. The molecule has 2 fully saturated rings. The van der Waals surface area contributed by atoms with Crippen molar-refractivity contribution in [3.05, 3.63) is 0 Å². The number of nitrogens with two attached hydrogens (primary N) is 1. The minimum Gasteiger partial charge on any atom is -0.378 e. The molecule has 2 rings (SSSR count). The van der Waals surface area contributed by atoms with Crippen LogP contribution in [-0.4, -0.2) is 42.6 Å². The van der Waals surface area contributed by atoms with Gasteiger partial charge < -0.3 is 15.4 Å². The minimum atomic E-state index is 0. The summed E-state index contributed by atoms with van der Waals surface area (Å²) in [6, 6.07) is 0.253. The van der Waals surface area contributed by atoms with Gasteiger partial charge in [0.15, 0.2) is 0 Å². The Morgan fingerprint density at radius 2 is 2.15 bits per heavy atom. The van der Waals surface area contributed by atoms with Gasteiger partial charge in [-0.15, -0.1) is 12.4 Å². The van der Waals surface area contributed by atoms with E-state index in [1.165, 1.54) is 12.8 Å². The van der Waals surface area contributed by atoms with Crippen molar-refractivity contribution in [1.82, 2.24) is 4.90 Å². The molecule has 2 N–H and O–H groups in total. The molecule has 118 valence electrons. The molecule has 0 aromatic carbocycles. The fourth-order valence-electron chi connectivity index (χ4n) is 3.27. The zero-order valence-electron chi connectivity index (χ0n) is 12.6. The maximum absolute atomic E-state index is 12.3. The second-order valence-electron chi connectivity index (χ2n) is 6.13. The van der Waals surface area contributed by atoms with E-state index in [4.69, 9.17) is 10.5 Å². The zero-order chi connectivity index (χ0) is 13.7. The highest BCUT2D eigenvalue weighted by Crippen LogP contribution is 2.24. The van der Waals surface area contributed by atoms with Crippen LogP contribution in [0, 0.1) is 5.92 Å². The minimum absolute atomic E-state index is 0. The third kappa shape index (κ3) is 4.90. The average molecular weight is 305 g/mol. The number of halogens is 1. The first-order chi connectivity index (χ1) is 9.20. The van der Waals surface area contributed by atoms with Crippen molar-refractivity contribution in [3.63, 3.8) is 0 Å². The lowest BCUT2D eigenvalue weighted by Gasteiger charge is -2.38. The van der Waals surface area contributed by atoms with E-state index < -0.39 is 0 Å². The highest BCUT2D eigenvalue weighted by molar-refractivity contribution is 5.85. The van der Waals surface area contributed by atoms with E-state index in [1.54, 1.807) is 0 Å². The van der Waals surface area contributed by atoms with E-state index in [1.807, 2.05) is 4.90 Å². The number of piperidine rings is 1. The van der Waals surface area contributed by atoms with E-state index in [0.29, 0.717) is 25.0 Å². The van der Waals surface area contributed by atoms with Crippen LogP contribution < -0.4 is 5.73 Å². The van der Waals surface area contributed by atoms with Crippen molar-refractivity contribution in [2.75, 3.05) is 19.7 Å². The Morgan fingerprint density at radius 1 is 1.35 bits per heavy atom. The second kappa shape index (κ2) is 8.85. The average Bonchev–Trinajstić information content (AvgIpc) is 2.45. The number of likely N-dealkylation sites (tertiary alicyclic amines) is 1. The molecule has 0 saturated carbocycles. The van der Waals surface area contributed by atoms with Crippen LogP contribution in [0.1, 0.15) is 51.9 Å². The highest BCUT2D eigenvalue weighted by Gasteiger charge is 2.29. The molecule has 0 spiro atoms. The van der Waals surface area contributed by atoms with Crippen molar-refractivity contribution < 1.29 is 9.53 Å². The predicted octanol–water partition coefficient (Wildman–Crippen LogP) is 2.34. The summed E-state index contributed by atoms with van der Waals surface area (Å²) in [6.45, 7) is 4.59. The molecule has 0 radical (unpaired) electrons. The molecule has 2 aliphatic rings. The Kier molecular flexibility index (Phi) is 7.85. The molecule has 0 aromatic heterocycles. The molecule has 20 heavy (non-hydrogen) atoms. The van der Waals surface area contributed by atoms with E-state index in [9.17, 15) is 4.79 Å². The fourth-order valence-corrected chi connectivity index (χ4v) is 3.27. The van der Waals surface area contributed by atoms with Crippen LogP contribution in [0.4, 0.5) is 0 Å². The van der Waals surface area contributed by atoms with Gasteiger partial charge in [-0.1, -0.05) is 6.92 Å². The molecule has 3 atom stereocenters. The van der Waals surface area contributed by atoms with Crippen molar-refractivity contribution in [3.8, 4) is 0 Å². The molecule has 5 heteroatoms. The number of hydrogen-bond acceptors (Lipinski definition) is 3. The van der Waals surface area contributed by atoms with Crippen LogP contribution in [0.25, 0.3) is 0 Å². The van der Waals surface area contributed by atoms with Gasteiger partial charge in [-0.2, -0.15) is 0 Å². The first-order valence-corrected chi connectivity index (χ1v) is 7.82. The van der Waals surface area contributed by atoms with Gasteiger partial charge in [0.25, 0.3) is 0 Å². The number of nitrogens with zero attached hydrogens (tertiary/aromatic N) is 1. The summed E-state index contributed by atoms with van der Waals surface area (Å²) in [5, 5.41) is 0. The van der Waals surface area contributed by atoms with Crippen LogP contribution in [0.5, 0.6) is 0 Å². The second-order valence-corrected chi connectivity index (χ2v) is 6.13. The summed E-state index contributed by atoms with van der Waals surface area (Å²) < 4.78 is 5.69.